The van der Waals surface area contributed by atoms with Gasteiger partial charge in [0.2, 0.25) is 11.7 Å². The molecule has 1 aromatic carbocycles. The zero-order chi connectivity index (χ0) is 15.8. The molecule has 0 amide bonds. The van der Waals surface area contributed by atoms with E-state index in [9.17, 15) is 8.42 Å². The number of rotatable bonds is 4. The maximum absolute atomic E-state index is 11.5. The van der Waals surface area contributed by atoms with Crippen LogP contribution < -0.4 is 4.74 Å². The lowest BCUT2D eigenvalue weighted by molar-refractivity contribution is 0.282. The van der Waals surface area contributed by atoms with Crippen LogP contribution in [0, 0.1) is 27.7 Å². The minimum absolute atomic E-state index is 0.0990. The summed E-state index contributed by atoms with van der Waals surface area (Å²) in [7, 11) is 1.65. The summed E-state index contributed by atoms with van der Waals surface area (Å²) in [5.74, 6) is 1.49. The average molecular weight is 331 g/mol. The zero-order valence-corrected chi connectivity index (χ0v) is 13.7. The highest BCUT2D eigenvalue weighted by molar-refractivity contribution is 8.13. The molecule has 1 heterocycles. The highest BCUT2D eigenvalue weighted by Gasteiger charge is 2.19. The Hall–Kier alpha value is -1.60. The molecule has 0 fully saturated rings. The van der Waals surface area contributed by atoms with Crippen molar-refractivity contribution in [3.8, 4) is 5.75 Å². The van der Waals surface area contributed by atoms with Crippen LogP contribution in [0.15, 0.2) is 15.5 Å². The van der Waals surface area contributed by atoms with E-state index in [0.29, 0.717) is 28.6 Å². The summed E-state index contributed by atoms with van der Waals surface area (Å²) in [6.45, 7) is 7.07. The first-order chi connectivity index (χ1) is 9.70. The van der Waals surface area contributed by atoms with E-state index < -0.39 is 9.05 Å². The minimum atomic E-state index is -3.78. The van der Waals surface area contributed by atoms with Crippen molar-refractivity contribution >= 4 is 19.7 Å². The maximum atomic E-state index is 11.5. The van der Waals surface area contributed by atoms with Gasteiger partial charge in [-0.05, 0) is 43.5 Å². The van der Waals surface area contributed by atoms with Gasteiger partial charge in [0.1, 0.15) is 5.75 Å². The summed E-state index contributed by atoms with van der Waals surface area (Å²) >= 11 is 0. The van der Waals surface area contributed by atoms with Crippen LogP contribution in [0.5, 0.6) is 5.75 Å². The van der Waals surface area contributed by atoms with Crippen molar-refractivity contribution in [3.63, 3.8) is 0 Å². The van der Waals surface area contributed by atoms with Gasteiger partial charge in [-0.3, -0.25) is 0 Å². The van der Waals surface area contributed by atoms with Gasteiger partial charge in [-0.15, -0.1) is 0 Å². The molecule has 0 radical (unpaired) electrons. The minimum Gasteiger partial charge on any atom is -0.485 e. The molecule has 2 rings (SSSR count). The summed E-state index contributed by atoms with van der Waals surface area (Å²) in [4.78, 5) is 4.14. The van der Waals surface area contributed by atoms with Crippen LogP contribution in [0.25, 0.3) is 0 Å². The third-order valence-corrected chi connectivity index (χ3v) is 4.60. The molecule has 0 aliphatic carbocycles. The number of ether oxygens (including phenoxy) is 1. The van der Waals surface area contributed by atoms with E-state index in [1.54, 1.807) is 27.7 Å². The van der Waals surface area contributed by atoms with Crippen LogP contribution in [-0.4, -0.2) is 18.6 Å². The number of benzene rings is 1. The van der Waals surface area contributed by atoms with Crippen LogP contribution in [0.1, 0.15) is 28.4 Å². The average Bonchev–Trinajstić information content (AvgIpc) is 2.78. The number of halogens is 1. The lowest BCUT2D eigenvalue weighted by Gasteiger charge is -2.15. The van der Waals surface area contributed by atoms with Crippen LogP contribution in [0.3, 0.4) is 0 Å². The van der Waals surface area contributed by atoms with Crippen LogP contribution in [0.2, 0.25) is 0 Å². The Bertz CT molecular complexity index is 784. The highest BCUT2D eigenvalue weighted by Crippen LogP contribution is 2.32. The molecule has 0 bridgehead atoms. The van der Waals surface area contributed by atoms with Gasteiger partial charge in [0, 0.05) is 17.6 Å². The largest absolute Gasteiger partial charge is 0.485 e. The predicted octanol–water partition coefficient (Wildman–Crippen LogP) is 2.81. The molecule has 114 valence electrons. The highest BCUT2D eigenvalue weighted by atomic mass is 35.7. The Morgan fingerprint density at radius 1 is 1.24 bits per heavy atom. The first kappa shape index (κ1) is 15.8. The summed E-state index contributed by atoms with van der Waals surface area (Å²) in [5.41, 5.74) is 1.96. The summed E-state index contributed by atoms with van der Waals surface area (Å²) in [6, 6.07) is 1.50. The molecule has 0 aliphatic heterocycles. The van der Waals surface area contributed by atoms with Gasteiger partial charge in [0.25, 0.3) is 9.05 Å². The van der Waals surface area contributed by atoms with E-state index in [1.165, 1.54) is 6.07 Å². The van der Waals surface area contributed by atoms with Gasteiger partial charge >= 0.3 is 0 Å². The Kier molecular flexibility index (Phi) is 4.25. The molecule has 21 heavy (non-hydrogen) atoms. The van der Waals surface area contributed by atoms with Crippen molar-refractivity contribution in [3.05, 3.63) is 34.5 Å². The van der Waals surface area contributed by atoms with Gasteiger partial charge < -0.3 is 9.26 Å². The Morgan fingerprint density at radius 2 is 1.90 bits per heavy atom. The number of nitrogens with zero attached hydrogens (tertiary/aromatic N) is 2. The molecule has 0 saturated heterocycles. The number of hydrogen-bond donors (Lipinski definition) is 0. The molecular weight excluding hydrogens is 316 g/mol. The van der Waals surface area contributed by atoms with Crippen molar-refractivity contribution < 1.29 is 17.7 Å². The number of aromatic nitrogens is 2. The molecule has 6 nitrogen and oxygen atoms in total. The van der Waals surface area contributed by atoms with Gasteiger partial charge in [-0.25, -0.2) is 8.42 Å². The van der Waals surface area contributed by atoms with Crippen molar-refractivity contribution in [2.45, 2.75) is 39.2 Å². The van der Waals surface area contributed by atoms with Gasteiger partial charge in [-0.1, -0.05) is 5.16 Å². The second-order valence-corrected chi connectivity index (χ2v) is 7.26. The van der Waals surface area contributed by atoms with Crippen molar-refractivity contribution in [1.29, 1.82) is 0 Å². The summed E-state index contributed by atoms with van der Waals surface area (Å²) < 4.78 is 33.6. The molecule has 0 N–H and O–H groups in total. The zero-order valence-electron chi connectivity index (χ0n) is 12.1. The van der Waals surface area contributed by atoms with Crippen molar-refractivity contribution in [1.82, 2.24) is 10.1 Å². The molecule has 0 saturated carbocycles. The SMILES string of the molecule is Cc1nc(COc2c(C)cc(S(=O)(=O)Cl)c(C)c2C)no1. The second-order valence-electron chi connectivity index (χ2n) is 4.73. The van der Waals surface area contributed by atoms with Gasteiger partial charge in [-0.2, -0.15) is 4.98 Å². The molecule has 2 aromatic rings. The number of hydrogen-bond acceptors (Lipinski definition) is 6. The fraction of sp³-hybridized carbons (Fsp3) is 0.385. The van der Waals surface area contributed by atoms with Crippen molar-refractivity contribution in [2.75, 3.05) is 0 Å². The third-order valence-electron chi connectivity index (χ3n) is 3.16. The van der Waals surface area contributed by atoms with E-state index >= 15 is 0 Å². The van der Waals surface area contributed by atoms with Crippen molar-refractivity contribution in [2.24, 2.45) is 0 Å². The molecule has 0 atom stereocenters. The van der Waals surface area contributed by atoms with E-state index in [2.05, 4.69) is 10.1 Å². The summed E-state index contributed by atoms with van der Waals surface area (Å²) in [6.07, 6.45) is 0. The normalized spacial score (nSPS) is 11.7. The van der Waals surface area contributed by atoms with Crippen LogP contribution in [-0.2, 0) is 15.7 Å². The van der Waals surface area contributed by atoms with E-state index in [0.717, 1.165) is 5.56 Å². The Labute approximate surface area is 127 Å². The second kappa shape index (κ2) is 5.65. The predicted molar refractivity (Wildman–Crippen MR) is 77.1 cm³/mol. The fourth-order valence-corrected chi connectivity index (χ4v) is 3.35. The molecule has 8 heteroatoms. The molecule has 0 spiro atoms. The van der Waals surface area contributed by atoms with E-state index in [4.69, 9.17) is 19.9 Å². The topological polar surface area (TPSA) is 82.3 Å². The maximum Gasteiger partial charge on any atom is 0.261 e. The standard InChI is InChI=1S/C13H15ClN2O4S/c1-7-5-11(21(14,17)18)8(2)9(3)13(7)19-6-12-15-10(4)20-16-12/h5H,6H2,1-4H3. The first-order valence-electron chi connectivity index (χ1n) is 6.17. The number of aryl methyl sites for hydroxylation is 2. The quantitative estimate of drug-likeness (QED) is 0.802. The lowest BCUT2D eigenvalue weighted by atomic mass is 10.1. The van der Waals surface area contributed by atoms with Gasteiger partial charge in [0.15, 0.2) is 6.61 Å². The smallest absolute Gasteiger partial charge is 0.261 e. The van der Waals surface area contributed by atoms with Gasteiger partial charge in [0.05, 0.1) is 4.90 Å². The fourth-order valence-electron chi connectivity index (χ4n) is 2.03. The van der Waals surface area contributed by atoms with E-state index in [1.807, 2.05) is 0 Å². The molecule has 0 aliphatic rings. The molecular formula is C13H15ClN2O4S. The van der Waals surface area contributed by atoms with Crippen LogP contribution >= 0.6 is 10.7 Å². The monoisotopic (exact) mass is 330 g/mol. The third kappa shape index (κ3) is 3.36. The first-order valence-corrected chi connectivity index (χ1v) is 8.48. The van der Waals surface area contributed by atoms with E-state index in [-0.39, 0.29) is 11.5 Å². The Balaban J connectivity index is 2.35. The molecule has 1 aromatic heterocycles. The lowest BCUT2D eigenvalue weighted by Crippen LogP contribution is -2.05. The Morgan fingerprint density at radius 3 is 2.43 bits per heavy atom. The van der Waals surface area contributed by atoms with Crippen LogP contribution in [0.4, 0.5) is 0 Å². The molecule has 0 unspecified atom stereocenters. The summed E-state index contributed by atoms with van der Waals surface area (Å²) in [5, 5.41) is 3.74.